The maximum absolute atomic E-state index is 13.1. The van der Waals surface area contributed by atoms with E-state index in [2.05, 4.69) is 41.0 Å². The van der Waals surface area contributed by atoms with Gasteiger partial charge in [-0.15, -0.1) is 0 Å². The van der Waals surface area contributed by atoms with Gasteiger partial charge in [-0.1, -0.05) is 73.5 Å². The number of aryl methyl sites for hydroxylation is 1. The summed E-state index contributed by atoms with van der Waals surface area (Å²) in [5.74, 6) is 1.02. The first-order valence-electron chi connectivity index (χ1n) is 11.6. The number of rotatable bonds is 5. The quantitative estimate of drug-likeness (QED) is 0.478. The lowest BCUT2D eigenvalue weighted by molar-refractivity contribution is -0.132. The van der Waals surface area contributed by atoms with Gasteiger partial charge in [0.05, 0.1) is 16.8 Å². The molecule has 2 aromatic rings. The molecule has 0 bridgehead atoms. The van der Waals surface area contributed by atoms with Gasteiger partial charge in [-0.3, -0.25) is 4.79 Å². The highest BCUT2D eigenvalue weighted by atomic mass is 35.5. The maximum Gasteiger partial charge on any atom is 0.222 e. The summed E-state index contributed by atoms with van der Waals surface area (Å²) in [5, 5.41) is 1.48. The zero-order valence-corrected chi connectivity index (χ0v) is 19.8. The number of benzene rings is 2. The average Bonchev–Trinajstić information content (AvgIpc) is 2.78. The zero-order chi connectivity index (χ0) is 21.8. The summed E-state index contributed by atoms with van der Waals surface area (Å²) in [7, 11) is 0. The van der Waals surface area contributed by atoms with E-state index in [0.717, 1.165) is 52.3 Å². The van der Waals surface area contributed by atoms with Gasteiger partial charge in [-0.25, -0.2) is 0 Å². The molecule has 1 aliphatic carbocycles. The number of halogens is 2. The number of nitrogens with zero attached hydrogens (tertiary/aromatic N) is 2. The van der Waals surface area contributed by atoms with Crippen molar-refractivity contribution in [3.8, 4) is 0 Å². The van der Waals surface area contributed by atoms with E-state index in [1.54, 1.807) is 0 Å². The van der Waals surface area contributed by atoms with E-state index in [0.29, 0.717) is 18.9 Å². The summed E-state index contributed by atoms with van der Waals surface area (Å²) in [6, 6.07) is 14.3. The fraction of sp³-hybridized carbons (Fsp3) is 0.500. The standard InChI is InChI=1S/C26H32Cl2N2O/c1-19-7-13-24(23(28)17-19)30-16-15-29(18-25(30)21-9-11-22(27)12-10-21)26(31)14-8-20-5-3-2-4-6-20/h7,9-13,17,20,25H,2-6,8,14-16,18H2,1H3/t25-/m0/s1. The van der Waals surface area contributed by atoms with Gasteiger partial charge in [0, 0.05) is 31.1 Å². The van der Waals surface area contributed by atoms with E-state index in [-0.39, 0.29) is 6.04 Å². The summed E-state index contributed by atoms with van der Waals surface area (Å²) >= 11 is 12.8. The van der Waals surface area contributed by atoms with Gasteiger partial charge in [-0.2, -0.15) is 0 Å². The molecule has 2 aromatic carbocycles. The second kappa shape index (κ2) is 10.3. The van der Waals surface area contributed by atoms with Crippen LogP contribution in [0.4, 0.5) is 5.69 Å². The third-order valence-electron chi connectivity index (χ3n) is 6.89. The Morgan fingerprint density at radius 3 is 2.45 bits per heavy atom. The van der Waals surface area contributed by atoms with Crippen LogP contribution in [-0.4, -0.2) is 30.4 Å². The van der Waals surface area contributed by atoms with Crippen molar-refractivity contribution in [3.05, 3.63) is 63.6 Å². The normalized spacial score (nSPS) is 20.2. The van der Waals surface area contributed by atoms with Crippen LogP contribution >= 0.6 is 23.2 Å². The predicted molar refractivity (Wildman–Crippen MR) is 130 cm³/mol. The van der Waals surface area contributed by atoms with Crippen molar-refractivity contribution >= 4 is 34.8 Å². The van der Waals surface area contributed by atoms with Gasteiger partial charge in [0.25, 0.3) is 0 Å². The summed E-state index contributed by atoms with van der Waals surface area (Å²) in [5.41, 5.74) is 3.33. The molecule has 0 unspecified atom stereocenters. The molecule has 0 radical (unpaired) electrons. The SMILES string of the molecule is Cc1ccc(N2CCN(C(=O)CCC3CCCCC3)C[C@H]2c2ccc(Cl)cc2)c(Cl)c1. The zero-order valence-electron chi connectivity index (χ0n) is 18.3. The number of carbonyl (C=O) groups is 1. The number of piperazine rings is 1. The lowest BCUT2D eigenvalue weighted by Crippen LogP contribution is -2.50. The Hall–Kier alpha value is -1.71. The molecular weight excluding hydrogens is 427 g/mol. The summed E-state index contributed by atoms with van der Waals surface area (Å²) < 4.78 is 0. The molecule has 3 nitrogen and oxygen atoms in total. The summed E-state index contributed by atoms with van der Waals surface area (Å²) in [4.78, 5) is 17.5. The number of hydrogen-bond donors (Lipinski definition) is 0. The number of anilines is 1. The Balaban J connectivity index is 1.51. The van der Waals surface area contributed by atoms with Crippen LogP contribution < -0.4 is 4.90 Å². The van der Waals surface area contributed by atoms with Crippen molar-refractivity contribution in [2.45, 2.75) is 57.9 Å². The van der Waals surface area contributed by atoms with Crippen molar-refractivity contribution < 1.29 is 4.79 Å². The molecule has 1 atom stereocenters. The first-order chi connectivity index (χ1) is 15.0. The Labute approximate surface area is 196 Å². The first kappa shape index (κ1) is 22.5. The first-order valence-corrected chi connectivity index (χ1v) is 12.3. The topological polar surface area (TPSA) is 23.6 Å². The predicted octanol–water partition coefficient (Wildman–Crippen LogP) is 7.05. The van der Waals surface area contributed by atoms with Gasteiger partial charge in [-0.05, 0) is 54.7 Å². The van der Waals surface area contributed by atoms with Crippen LogP contribution in [0.5, 0.6) is 0 Å². The molecule has 2 aliphatic rings. The van der Waals surface area contributed by atoms with Crippen LogP contribution in [0.1, 0.15) is 62.1 Å². The van der Waals surface area contributed by atoms with Crippen molar-refractivity contribution in [1.29, 1.82) is 0 Å². The smallest absolute Gasteiger partial charge is 0.222 e. The fourth-order valence-corrected chi connectivity index (χ4v) is 5.54. The molecule has 0 N–H and O–H groups in total. The van der Waals surface area contributed by atoms with Crippen molar-refractivity contribution in [3.63, 3.8) is 0 Å². The highest BCUT2D eigenvalue weighted by Crippen LogP contribution is 2.36. The van der Waals surface area contributed by atoms with Gasteiger partial charge >= 0.3 is 0 Å². The molecule has 31 heavy (non-hydrogen) atoms. The molecule has 0 spiro atoms. The summed E-state index contributed by atoms with van der Waals surface area (Å²) in [6.07, 6.45) is 8.30. The van der Waals surface area contributed by atoms with E-state index in [1.165, 1.54) is 32.1 Å². The molecule has 1 aliphatic heterocycles. The lowest BCUT2D eigenvalue weighted by Gasteiger charge is -2.43. The van der Waals surface area contributed by atoms with Gasteiger partial charge in [0.2, 0.25) is 5.91 Å². The highest BCUT2D eigenvalue weighted by Gasteiger charge is 2.32. The second-order valence-electron chi connectivity index (χ2n) is 9.10. The van der Waals surface area contributed by atoms with Gasteiger partial charge in [0.1, 0.15) is 0 Å². The van der Waals surface area contributed by atoms with Crippen molar-refractivity contribution in [2.75, 3.05) is 24.5 Å². The van der Waals surface area contributed by atoms with Crippen molar-refractivity contribution in [1.82, 2.24) is 4.90 Å². The lowest BCUT2D eigenvalue weighted by atomic mass is 9.86. The number of hydrogen-bond acceptors (Lipinski definition) is 2. The Bertz CT molecular complexity index is 893. The van der Waals surface area contributed by atoms with Gasteiger partial charge < -0.3 is 9.80 Å². The molecule has 5 heteroatoms. The van der Waals surface area contributed by atoms with Crippen LogP contribution in [0.2, 0.25) is 10.0 Å². The summed E-state index contributed by atoms with van der Waals surface area (Å²) in [6.45, 7) is 4.23. The minimum absolute atomic E-state index is 0.0600. The molecule has 2 fully saturated rings. The van der Waals surface area contributed by atoms with Crippen LogP contribution in [0.15, 0.2) is 42.5 Å². The second-order valence-corrected chi connectivity index (χ2v) is 9.94. The number of carbonyl (C=O) groups excluding carboxylic acids is 1. The molecular formula is C26H32Cl2N2O. The highest BCUT2D eigenvalue weighted by molar-refractivity contribution is 6.33. The molecule has 0 aromatic heterocycles. The Kier molecular flexibility index (Phi) is 7.45. The minimum atomic E-state index is 0.0600. The van der Waals surface area contributed by atoms with E-state index in [9.17, 15) is 4.79 Å². The molecule has 1 saturated heterocycles. The molecule has 4 rings (SSSR count). The monoisotopic (exact) mass is 458 g/mol. The van der Waals surface area contributed by atoms with E-state index < -0.39 is 0 Å². The average molecular weight is 459 g/mol. The van der Waals surface area contributed by atoms with Crippen LogP contribution in [0, 0.1) is 12.8 Å². The fourth-order valence-electron chi connectivity index (χ4n) is 5.07. The van der Waals surface area contributed by atoms with Crippen molar-refractivity contribution in [2.24, 2.45) is 5.92 Å². The van der Waals surface area contributed by atoms with Crippen LogP contribution in [0.3, 0.4) is 0 Å². The largest absolute Gasteiger partial charge is 0.360 e. The molecule has 1 saturated carbocycles. The third-order valence-corrected chi connectivity index (χ3v) is 7.45. The third kappa shape index (κ3) is 5.56. The van der Waals surface area contributed by atoms with Gasteiger partial charge in [0.15, 0.2) is 0 Å². The number of amides is 1. The Morgan fingerprint density at radius 2 is 1.74 bits per heavy atom. The maximum atomic E-state index is 13.1. The van der Waals surface area contributed by atoms with E-state index >= 15 is 0 Å². The van der Waals surface area contributed by atoms with E-state index in [4.69, 9.17) is 23.2 Å². The molecule has 1 amide bonds. The molecule has 166 valence electrons. The van der Waals surface area contributed by atoms with Crippen LogP contribution in [0.25, 0.3) is 0 Å². The Morgan fingerprint density at radius 1 is 1.00 bits per heavy atom. The van der Waals surface area contributed by atoms with Crippen LogP contribution in [-0.2, 0) is 4.79 Å². The molecule has 1 heterocycles. The minimum Gasteiger partial charge on any atom is -0.360 e. The van der Waals surface area contributed by atoms with E-state index in [1.807, 2.05) is 18.2 Å².